The van der Waals surface area contributed by atoms with Crippen LogP contribution in [0.3, 0.4) is 0 Å². The van der Waals surface area contributed by atoms with Gasteiger partial charge in [-0.1, -0.05) is 67.4 Å². The summed E-state index contributed by atoms with van der Waals surface area (Å²) in [5.41, 5.74) is 1.31. The van der Waals surface area contributed by atoms with E-state index in [4.69, 9.17) is 23.2 Å². The van der Waals surface area contributed by atoms with Gasteiger partial charge in [-0.15, -0.1) is 6.58 Å². The zero-order chi connectivity index (χ0) is 26.0. The molecule has 1 aliphatic heterocycles. The first-order chi connectivity index (χ1) is 16.4. The molecule has 8 heteroatoms. The first-order valence-electron chi connectivity index (χ1n) is 11.8. The molecule has 4 atom stereocenters. The Morgan fingerprint density at radius 3 is 2.37 bits per heavy atom. The molecule has 2 aromatic carbocycles. The number of sulfonamides is 1. The predicted octanol–water partition coefficient (Wildman–Crippen LogP) is 6.30. The summed E-state index contributed by atoms with van der Waals surface area (Å²) < 4.78 is 25.9. The van der Waals surface area contributed by atoms with Gasteiger partial charge in [0.15, 0.2) is 0 Å². The third-order valence-corrected chi connectivity index (χ3v) is 8.85. The van der Waals surface area contributed by atoms with E-state index in [0.29, 0.717) is 29.3 Å². The molecule has 1 heterocycles. The van der Waals surface area contributed by atoms with Crippen LogP contribution in [0, 0.1) is 5.41 Å². The van der Waals surface area contributed by atoms with Crippen molar-refractivity contribution in [2.45, 2.75) is 51.1 Å². The van der Waals surface area contributed by atoms with Crippen LogP contribution in [0.1, 0.15) is 56.2 Å². The maximum Gasteiger partial charge on any atom is 0.229 e. The van der Waals surface area contributed by atoms with Gasteiger partial charge < -0.3 is 4.90 Å². The Kier molecular flexibility index (Phi) is 8.74. The van der Waals surface area contributed by atoms with Gasteiger partial charge in [0.1, 0.15) is 0 Å². The maximum atomic E-state index is 14.2. The molecule has 35 heavy (non-hydrogen) atoms. The predicted molar refractivity (Wildman–Crippen MR) is 144 cm³/mol. The summed E-state index contributed by atoms with van der Waals surface area (Å²) in [6.45, 7) is 8.08. The average molecular weight is 538 g/mol. The number of amides is 1. The zero-order valence-electron chi connectivity index (χ0n) is 20.7. The fraction of sp³-hybridized carbons (Fsp3) is 0.444. The van der Waals surface area contributed by atoms with Crippen LogP contribution in [0.4, 0.5) is 0 Å². The summed E-state index contributed by atoms with van der Waals surface area (Å²) in [6, 6.07) is 14.7. The van der Waals surface area contributed by atoms with Crippen LogP contribution >= 0.6 is 23.2 Å². The zero-order valence-corrected chi connectivity index (χ0v) is 23.1. The van der Waals surface area contributed by atoms with Crippen molar-refractivity contribution in [2.24, 2.45) is 5.41 Å². The molecule has 0 aromatic heterocycles. The molecule has 0 N–H and O–H groups in total. The normalized spacial score (nSPS) is 24.0. The van der Waals surface area contributed by atoms with Gasteiger partial charge in [-0.25, -0.2) is 12.7 Å². The largest absolute Gasteiger partial charge is 0.330 e. The number of halogens is 2. The summed E-state index contributed by atoms with van der Waals surface area (Å²) in [7, 11) is -1.86. The minimum Gasteiger partial charge on any atom is -0.330 e. The highest BCUT2D eigenvalue weighted by molar-refractivity contribution is 7.88. The van der Waals surface area contributed by atoms with E-state index in [0.717, 1.165) is 11.1 Å². The minimum absolute atomic E-state index is 0.00405. The summed E-state index contributed by atoms with van der Waals surface area (Å²) in [4.78, 5) is 16.1. The topological polar surface area (TPSA) is 57.7 Å². The number of likely N-dealkylation sites (N-methyl/N-ethyl adjacent to an activating group) is 1. The van der Waals surface area contributed by atoms with Gasteiger partial charge in [-0.2, -0.15) is 0 Å². The van der Waals surface area contributed by atoms with Crippen LogP contribution in [-0.2, 0) is 14.8 Å². The second-order valence-electron chi connectivity index (χ2n) is 9.73. The number of likely N-dealkylation sites (tertiary alicyclic amines) is 1. The van der Waals surface area contributed by atoms with Gasteiger partial charge >= 0.3 is 0 Å². The van der Waals surface area contributed by atoms with E-state index in [-0.39, 0.29) is 30.5 Å². The van der Waals surface area contributed by atoms with E-state index in [1.54, 1.807) is 13.1 Å². The number of hydrogen-bond donors (Lipinski definition) is 0. The van der Waals surface area contributed by atoms with Crippen molar-refractivity contribution in [1.29, 1.82) is 0 Å². The van der Waals surface area contributed by atoms with Crippen molar-refractivity contribution >= 4 is 39.1 Å². The van der Waals surface area contributed by atoms with Gasteiger partial charge in [-0.3, -0.25) is 4.79 Å². The maximum absolute atomic E-state index is 14.2. The second-order valence-corrected chi connectivity index (χ2v) is 12.7. The van der Waals surface area contributed by atoms with Crippen molar-refractivity contribution in [2.75, 3.05) is 19.8 Å². The van der Waals surface area contributed by atoms with E-state index in [1.807, 2.05) is 67.3 Å². The number of piperidine rings is 1. The molecule has 0 aliphatic carbocycles. The number of benzene rings is 2. The standard InChI is InChI=1S/C27H34Cl2N2O3S/c1-6-15-27(3)17-24(20-9-8-10-22(29)16-20)25(19-11-13-21(28)14-12-19)31(26(27)32)23(7-2)18-30(4)35(5,33)34/h6,8-14,16,23-25H,1,7,15,17-18H2,2-5H3/t23-,24-,25-,27+/m1/s1. The van der Waals surface area contributed by atoms with E-state index in [1.165, 1.54) is 10.6 Å². The van der Waals surface area contributed by atoms with Crippen LogP contribution in [0.5, 0.6) is 0 Å². The molecule has 1 fully saturated rings. The number of carbonyl (C=O) groups excluding carboxylic acids is 1. The summed E-state index contributed by atoms with van der Waals surface area (Å²) >= 11 is 12.6. The molecule has 1 amide bonds. The SMILES string of the molecule is C=CC[C@@]1(C)C[C@H](c2cccc(Cl)c2)[C@@H](c2ccc(Cl)cc2)N([C@H](CC)CN(C)S(C)(=O)=O)C1=O. The van der Waals surface area contributed by atoms with Gasteiger partial charge in [0.2, 0.25) is 15.9 Å². The average Bonchev–Trinajstić information content (AvgIpc) is 2.79. The molecule has 0 saturated carbocycles. The van der Waals surface area contributed by atoms with E-state index in [9.17, 15) is 13.2 Å². The Morgan fingerprint density at radius 1 is 1.17 bits per heavy atom. The second kappa shape index (κ2) is 11.0. The summed E-state index contributed by atoms with van der Waals surface area (Å²) in [6.07, 6.45) is 4.70. The molecular weight excluding hydrogens is 503 g/mol. The van der Waals surface area contributed by atoms with Crippen molar-refractivity contribution in [3.63, 3.8) is 0 Å². The Morgan fingerprint density at radius 2 is 1.83 bits per heavy atom. The highest BCUT2D eigenvalue weighted by atomic mass is 35.5. The lowest BCUT2D eigenvalue weighted by atomic mass is 9.67. The first-order valence-corrected chi connectivity index (χ1v) is 14.4. The van der Waals surface area contributed by atoms with Crippen LogP contribution < -0.4 is 0 Å². The molecule has 190 valence electrons. The molecule has 1 saturated heterocycles. The molecule has 0 radical (unpaired) electrons. The Bertz CT molecular complexity index is 1170. The lowest BCUT2D eigenvalue weighted by molar-refractivity contribution is -0.154. The smallest absolute Gasteiger partial charge is 0.229 e. The Labute approximate surface area is 219 Å². The molecule has 2 aromatic rings. The molecule has 0 unspecified atom stereocenters. The number of rotatable bonds is 9. The van der Waals surface area contributed by atoms with Crippen LogP contribution in [-0.4, -0.2) is 49.4 Å². The van der Waals surface area contributed by atoms with Gasteiger partial charge in [0, 0.05) is 35.6 Å². The number of carbonyl (C=O) groups is 1. The fourth-order valence-corrected chi connectivity index (χ4v) is 5.90. The summed E-state index contributed by atoms with van der Waals surface area (Å²) in [5.74, 6) is -0.0560. The van der Waals surface area contributed by atoms with E-state index < -0.39 is 15.4 Å². The van der Waals surface area contributed by atoms with E-state index in [2.05, 4.69) is 6.58 Å². The highest BCUT2D eigenvalue weighted by Gasteiger charge is 2.51. The van der Waals surface area contributed by atoms with Gasteiger partial charge in [-0.05, 0) is 54.7 Å². The van der Waals surface area contributed by atoms with Crippen LogP contribution in [0.15, 0.2) is 61.2 Å². The third kappa shape index (κ3) is 6.11. The van der Waals surface area contributed by atoms with Crippen LogP contribution in [0.2, 0.25) is 10.0 Å². The highest BCUT2D eigenvalue weighted by Crippen LogP contribution is 2.52. The number of allylic oxidation sites excluding steroid dienone is 1. The first kappa shape index (κ1) is 27.7. The number of hydrogen-bond acceptors (Lipinski definition) is 3. The van der Waals surface area contributed by atoms with Crippen molar-refractivity contribution in [3.8, 4) is 0 Å². The van der Waals surface area contributed by atoms with E-state index >= 15 is 0 Å². The molecular formula is C27H34Cl2N2O3S. The summed E-state index contributed by atoms with van der Waals surface area (Å²) in [5, 5.41) is 1.25. The van der Waals surface area contributed by atoms with Crippen LogP contribution in [0.25, 0.3) is 0 Å². The molecule has 3 rings (SSSR count). The van der Waals surface area contributed by atoms with Crippen molar-refractivity contribution in [1.82, 2.24) is 9.21 Å². The third-order valence-electron chi connectivity index (χ3n) is 7.08. The van der Waals surface area contributed by atoms with Gasteiger partial charge in [0.25, 0.3) is 0 Å². The monoisotopic (exact) mass is 536 g/mol. The molecule has 0 spiro atoms. The minimum atomic E-state index is -3.42. The lowest BCUT2D eigenvalue weighted by Gasteiger charge is -2.52. The van der Waals surface area contributed by atoms with Gasteiger partial charge in [0.05, 0.1) is 17.7 Å². The van der Waals surface area contributed by atoms with Crippen molar-refractivity contribution in [3.05, 3.63) is 82.4 Å². The lowest BCUT2D eigenvalue weighted by Crippen LogP contribution is -2.57. The molecule has 1 aliphatic rings. The fourth-order valence-electron chi connectivity index (χ4n) is 5.13. The quantitative estimate of drug-likeness (QED) is 0.353. The molecule has 5 nitrogen and oxygen atoms in total. The van der Waals surface area contributed by atoms with Crippen molar-refractivity contribution < 1.29 is 13.2 Å². The molecule has 0 bridgehead atoms. The Balaban J connectivity index is 2.23. The number of nitrogens with zero attached hydrogens (tertiary/aromatic N) is 2. The Hall–Kier alpha value is -1.86.